The first-order valence-electron chi connectivity index (χ1n) is 11.3. The first-order valence-corrected chi connectivity index (χ1v) is 11.3. The number of hydrogen-bond acceptors (Lipinski definition) is 6. The highest BCUT2D eigenvalue weighted by Gasteiger charge is 2.17. The first kappa shape index (κ1) is 22.7. The van der Waals surface area contributed by atoms with Gasteiger partial charge in [0.2, 0.25) is 0 Å². The summed E-state index contributed by atoms with van der Waals surface area (Å²) in [6, 6.07) is 28.9. The summed E-state index contributed by atoms with van der Waals surface area (Å²) in [6.45, 7) is -0.441. The topological polar surface area (TPSA) is 90.4 Å². The van der Waals surface area contributed by atoms with Gasteiger partial charge in [0.1, 0.15) is 11.5 Å². The van der Waals surface area contributed by atoms with Gasteiger partial charge < -0.3 is 14.8 Å². The number of rotatable bonds is 7. The Kier molecular flexibility index (Phi) is 6.62. The average molecular weight is 476 g/mol. The third-order valence-corrected chi connectivity index (χ3v) is 5.34. The summed E-state index contributed by atoms with van der Waals surface area (Å²) in [5.74, 6) is 0.182. The minimum absolute atomic E-state index is 0.332. The standard InChI is InChI=1S/C29H21N3O4/c33-28(31-21-7-6-10-23(17-21)36-22-8-2-1-3-9-22)19-35-29(34)25-18-27(20-13-15-30-16-14-20)32-26-12-5-4-11-24(25)26/h1-18H,19H2,(H,31,33). The van der Waals surface area contributed by atoms with Crippen LogP contribution in [0, 0.1) is 0 Å². The van der Waals surface area contributed by atoms with Crippen LogP contribution in [0.2, 0.25) is 0 Å². The number of nitrogens with one attached hydrogen (secondary N) is 1. The maximum absolute atomic E-state index is 13.0. The zero-order valence-corrected chi connectivity index (χ0v) is 19.1. The molecule has 3 aromatic carbocycles. The van der Waals surface area contributed by atoms with Crippen LogP contribution in [-0.2, 0) is 9.53 Å². The highest BCUT2D eigenvalue weighted by atomic mass is 16.5. The van der Waals surface area contributed by atoms with Gasteiger partial charge in [-0.3, -0.25) is 9.78 Å². The smallest absolute Gasteiger partial charge is 0.339 e. The number of fused-ring (bicyclic) bond motifs is 1. The van der Waals surface area contributed by atoms with Crippen LogP contribution in [0.25, 0.3) is 22.2 Å². The van der Waals surface area contributed by atoms with E-state index in [-0.39, 0.29) is 0 Å². The number of esters is 1. The second-order valence-electron chi connectivity index (χ2n) is 7.88. The van der Waals surface area contributed by atoms with Crippen LogP contribution in [0.3, 0.4) is 0 Å². The van der Waals surface area contributed by atoms with Crippen molar-refractivity contribution >= 4 is 28.5 Å². The number of ether oxygens (including phenoxy) is 2. The third-order valence-electron chi connectivity index (χ3n) is 5.34. The number of carbonyl (C=O) groups excluding carboxylic acids is 2. The first-order chi connectivity index (χ1) is 17.7. The molecular weight excluding hydrogens is 454 g/mol. The molecule has 176 valence electrons. The van der Waals surface area contributed by atoms with Crippen molar-refractivity contribution in [2.75, 3.05) is 11.9 Å². The SMILES string of the molecule is O=C(COC(=O)c1cc(-c2ccncc2)nc2ccccc12)Nc1cccc(Oc2ccccc2)c1. The van der Waals surface area contributed by atoms with Gasteiger partial charge in [-0.25, -0.2) is 9.78 Å². The summed E-state index contributed by atoms with van der Waals surface area (Å²) in [6.07, 6.45) is 3.32. The van der Waals surface area contributed by atoms with Gasteiger partial charge in [-0.1, -0.05) is 42.5 Å². The van der Waals surface area contributed by atoms with Crippen molar-refractivity contribution in [1.82, 2.24) is 9.97 Å². The number of aromatic nitrogens is 2. The second kappa shape index (κ2) is 10.5. The average Bonchev–Trinajstić information content (AvgIpc) is 2.92. The molecule has 0 aliphatic rings. The predicted octanol–water partition coefficient (Wildman–Crippen LogP) is 5.88. The van der Waals surface area contributed by atoms with Crippen molar-refractivity contribution < 1.29 is 19.1 Å². The molecular formula is C29H21N3O4. The van der Waals surface area contributed by atoms with E-state index in [0.29, 0.717) is 39.3 Å². The minimum Gasteiger partial charge on any atom is -0.457 e. The van der Waals surface area contributed by atoms with Gasteiger partial charge >= 0.3 is 5.97 Å². The maximum atomic E-state index is 13.0. The molecule has 0 radical (unpaired) electrons. The number of nitrogens with zero attached hydrogens (tertiary/aromatic N) is 2. The molecule has 0 fully saturated rings. The monoisotopic (exact) mass is 475 g/mol. The van der Waals surface area contributed by atoms with Crippen LogP contribution in [0.4, 0.5) is 5.69 Å². The molecule has 5 aromatic rings. The largest absolute Gasteiger partial charge is 0.457 e. The lowest BCUT2D eigenvalue weighted by Gasteiger charge is -2.11. The Morgan fingerprint density at radius 3 is 2.36 bits per heavy atom. The molecule has 0 bridgehead atoms. The third kappa shape index (κ3) is 5.37. The Hall–Kier alpha value is -5.04. The van der Waals surface area contributed by atoms with E-state index >= 15 is 0 Å². The van der Waals surface area contributed by atoms with Crippen molar-refractivity contribution in [3.63, 3.8) is 0 Å². The second-order valence-corrected chi connectivity index (χ2v) is 7.88. The van der Waals surface area contributed by atoms with Crippen LogP contribution < -0.4 is 10.1 Å². The highest BCUT2D eigenvalue weighted by Crippen LogP contribution is 2.26. The fourth-order valence-electron chi connectivity index (χ4n) is 3.68. The van der Waals surface area contributed by atoms with E-state index in [2.05, 4.69) is 15.3 Å². The van der Waals surface area contributed by atoms with Gasteiger partial charge in [0.05, 0.1) is 16.8 Å². The molecule has 2 aromatic heterocycles. The maximum Gasteiger partial charge on any atom is 0.339 e. The molecule has 0 saturated heterocycles. The van der Waals surface area contributed by atoms with E-state index in [1.165, 1.54) is 0 Å². The highest BCUT2D eigenvalue weighted by molar-refractivity contribution is 6.05. The molecule has 0 atom stereocenters. The van der Waals surface area contributed by atoms with Crippen LogP contribution in [-0.4, -0.2) is 28.5 Å². The van der Waals surface area contributed by atoms with Crippen LogP contribution >= 0.6 is 0 Å². The van der Waals surface area contributed by atoms with E-state index in [9.17, 15) is 9.59 Å². The van der Waals surface area contributed by atoms with E-state index < -0.39 is 18.5 Å². The van der Waals surface area contributed by atoms with Gasteiger partial charge in [0.25, 0.3) is 5.91 Å². The van der Waals surface area contributed by atoms with Crippen LogP contribution in [0.5, 0.6) is 11.5 Å². The number of anilines is 1. The van der Waals surface area contributed by atoms with Gasteiger partial charge in [0, 0.05) is 35.1 Å². The molecule has 2 heterocycles. The summed E-state index contributed by atoms with van der Waals surface area (Å²) in [5, 5.41) is 3.38. The molecule has 5 rings (SSSR count). The van der Waals surface area contributed by atoms with Gasteiger partial charge in [-0.15, -0.1) is 0 Å². The molecule has 7 heteroatoms. The van der Waals surface area contributed by atoms with Crippen LogP contribution in [0.15, 0.2) is 109 Å². The summed E-state index contributed by atoms with van der Waals surface area (Å²) >= 11 is 0. The molecule has 1 N–H and O–H groups in total. The lowest BCUT2D eigenvalue weighted by Crippen LogP contribution is -2.21. The van der Waals surface area contributed by atoms with Gasteiger partial charge in [0.15, 0.2) is 6.61 Å². The fourth-order valence-corrected chi connectivity index (χ4v) is 3.68. The quantitative estimate of drug-likeness (QED) is 0.296. The molecule has 36 heavy (non-hydrogen) atoms. The normalized spacial score (nSPS) is 10.6. The Bertz CT molecular complexity index is 1520. The minimum atomic E-state index is -0.611. The molecule has 0 aliphatic heterocycles. The molecule has 0 aliphatic carbocycles. The van der Waals surface area contributed by atoms with Crippen molar-refractivity contribution in [2.24, 2.45) is 0 Å². The molecule has 7 nitrogen and oxygen atoms in total. The number of pyridine rings is 2. The zero-order chi connectivity index (χ0) is 24.7. The summed E-state index contributed by atoms with van der Waals surface area (Å²) in [5.41, 5.74) is 2.94. The Morgan fingerprint density at radius 1 is 0.778 bits per heavy atom. The number of hydrogen-bond donors (Lipinski definition) is 1. The van der Waals surface area contributed by atoms with Crippen molar-refractivity contribution in [2.45, 2.75) is 0 Å². The number of benzene rings is 3. The number of carbonyl (C=O) groups is 2. The van der Waals surface area contributed by atoms with Crippen LogP contribution in [0.1, 0.15) is 10.4 Å². The summed E-state index contributed by atoms with van der Waals surface area (Å²) in [7, 11) is 0. The van der Waals surface area contributed by atoms with Gasteiger partial charge in [-0.05, 0) is 48.5 Å². The Morgan fingerprint density at radius 2 is 1.53 bits per heavy atom. The molecule has 1 amide bonds. The van der Waals surface area contributed by atoms with E-state index in [4.69, 9.17) is 9.47 Å². The molecule has 0 saturated carbocycles. The molecule has 0 unspecified atom stereocenters. The predicted molar refractivity (Wildman–Crippen MR) is 137 cm³/mol. The van der Waals surface area contributed by atoms with Crippen molar-refractivity contribution in [3.05, 3.63) is 115 Å². The van der Waals surface area contributed by atoms with E-state index in [1.807, 2.05) is 60.7 Å². The lowest BCUT2D eigenvalue weighted by atomic mass is 10.0. The number of amides is 1. The Balaban J connectivity index is 1.28. The fraction of sp³-hybridized carbons (Fsp3) is 0.0345. The lowest BCUT2D eigenvalue weighted by molar-refractivity contribution is -0.119. The Labute approximate surface area is 207 Å². The van der Waals surface area contributed by atoms with Crippen molar-refractivity contribution in [3.8, 4) is 22.8 Å². The van der Waals surface area contributed by atoms with Gasteiger partial charge in [-0.2, -0.15) is 0 Å². The van der Waals surface area contributed by atoms with Crippen molar-refractivity contribution in [1.29, 1.82) is 0 Å². The molecule has 0 spiro atoms. The van der Waals surface area contributed by atoms with E-state index in [1.54, 1.807) is 48.8 Å². The number of para-hydroxylation sites is 2. The van der Waals surface area contributed by atoms with E-state index in [0.717, 1.165) is 5.56 Å². The summed E-state index contributed by atoms with van der Waals surface area (Å²) < 4.78 is 11.2. The zero-order valence-electron chi connectivity index (χ0n) is 19.1. The summed E-state index contributed by atoms with van der Waals surface area (Å²) in [4.78, 5) is 34.2.